The first-order valence-electron chi connectivity index (χ1n) is 4.87. The zero-order valence-electron chi connectivity index (χ0n) is 9.00. The van der Waals surface area contributed by atoms with Crippen molar-refractivity contribution in [1.82, 2.24) is 5.32 Å². The van der Waals surface area contributed by atoms with E-state index in [9.17, 15) is 4.21 Å². The van der Waals surface area contributed by atoms with Gasteiger partial charge in [-0.25, -0.2) is 0 Å². The normalized spacial score (nSPS) is 14.9. The lowest BCUT2D eigenvalue weighted by atomic mass is 10.2. The molecule has 0 amide bonds. The summed E-state index contributed by atoms with van der Waals surface area (Å²) in [5.41, 5.74) is 1.24. The minimum absolute atomic E-state index is 0.209. The Labute approximate surface area is 102 Å². The van der Waals surface area contributed by atoms with Crippen LogP contribution in [0.15, 0.2) is 28.7 Å². The van der Waals surface area contributed by atoms with Crippen molar-refractivity contribution in [2.24, 2.45) is 0 Å². The van der Waals surface area contributed by atoms with Crippen molar-refractivity contribution in [3.63, 3.8) is 0 Å². The molecule has 2 atom stereocenters. The predicted molar refractivity (Wildman–Crippen MR) is 69.4 cm³/mol. The van der Waals surface area contributed by atoms with Gasteiger partial charge in [-0.2, -0.15) is 0 Å². The van der Waals surface area contributed by atoms with Gasteiger partial charge in [0.15, 0.2) is 0 Å². The standard InChI is InChI=1S/C11H16BrNOS/c1-9(15(2)14)7-13-8-10-3-5-11(12)6-4-10/h3-6,9,13H,7-8H2,1-2H3. The van der Waals surface area contributed by atoms with Crippen LogP contribution in [0.1, 0.15) is 12.5 Å². The summed E-state index contributed by atoms with van der Waals surface area (Å²) in [6.07, 6.45) is 1.74. The summed E-state index contributed by atoms with van der Waals surface area (Å²) in [5, 5.41) is 3.50. The molecule has 0 saturated carbocycles. The molecule has 1 aromatic carbocycles. The summed E-state index contributed by atoms with van der Waals surface area (Å²) in [7, 11) is -0.742. The van der Waals surface area contributed by atoms with Crippen LogP contribution in [0.25, 0.3) is 0 Å². The Morgan fingerprint density at radius 2 is 2.00 bits per heavy atom. The molecule has 0 radical (unpaired) electrons. The molecule has 0 aliphatic rings. The summed E-state index contributed by atoms with van der Waals surface area (Å²) in [5.74, 6) is 0. The minimum Gasteiger partial charge on any atom is -0.311 e. The summed E-state index contributed by atoms with van der Waals surface area (Å²) in [6.45, 7) is 3.61. The van der Waals surface area contributed by atoms with Gasteiger partial charge in [0.05, 0.1) is 0 Å². The Kier molecular flexibility index (Phi) is 5.50. The van der Waals surface area contributed by atoms with E-state index in [0.29, 0.717) is 0 Å². The smallest absolute Gasteiger partial charge is 0.0441 e. The molecule has 84 valence electrons. The van der Waals surface area contributed by atoms with Gasteiger partial charge in [-0.1, -0.05) is 28.1 Å². The lowest BCUT2D eigenvalue weighted by Gasteiger charge is -2.09. The topological polar surface area (TPSA) is 29.1 Å². The largest absolute Gasteiger partial charge is 0.311 e. The quantitative estimate of drug-likeness (QED) is 0.901. The van der Waals surface area contributed by atoms with Gasteiger partial charge in [0, 0.05) is 39.9 Å². The molecular formula is C11H16BrNOS. The average Bonchev–Trinajstić information content (AvgIpc) is 2.20. The van der Waals surface area contributed by atoms with Crippen LogP contribution in [0.4, 0.5) is 0 Å². The maximum atomic E-state index is 11.1. The molecule has 2 unspecified atom stereocenters. The van der Waals surface area contributed by atoms with Gasteiger partial charge in [-0.15, -0.1) is 0 Å². The van der Waals surface area contributed by atoms with Crippen LogP contribution in [0.2, 0.25) is 0 Å². The maximum Gasteiger partial charge on any atom is 0.0441 e. The SMILES string of the molecule is CC(CNCc1ccc(Br)cc1)S(C)=O. The Balaban J connectivity index is 2.32. The summed E-state index contributed by atoms with van der Waals surface area (Å²) in [6, 6.07) is 8.20. The van der Waals surface area contributed by atoms with E-state index in [0.717, 1.165) is 17.6 Å². The van der Waals surface area contributed by atoms with Crippen LogP contribution in [0.3, 0.4) is 0 Å². The average molecular weight is 290 g/mol. The van der Waals surface area contributed by atoms with Gasteiger partial charge in [-0.3, -0.25) is 4.21 Å². The molecule has 2 nitrogen and oxygen atoms in total. The summed E-state index contributed by atoms with van der Waals surface area (Å²) in [4.78, 5) is 0. The van der Waals surface area contributed by atoms with Gasteiger partial charge in [-0.05, 0) is 24.6 Å². The highest BCUT2D eigenvalue weighted by molar-refractivity contribution is 9.10. The van der Waals surface area contributed by atoms with Crippen LogP contribution in [-0.2, 0) is 17.3 Å². The van der Waals surface area contributed by atoms with E-state index in [1.165, 1.54) is 5.56 Å². The zero-order valence-corrected chi connectivity index (χ0v) is 11.4. The van der Waals surface area contributed by atoms with E-state index in [1.54, 1.807) is 6.26 Å². The van der Waals surface area contributed by atoms with E-state index in [-0.39, 0.29) is 5.25 Å². The molecule has 0 aliphatic heterocycles. The molecule has 15 heavy (non-hydrogen) atoms. The van der Waals surface area contributed by atoms with Crippen molar-refractivity contribution >= 4 is 26.7 Å². The number of nitrogens with one attached hydrogen (secondary N) is 1. The van der Waals surface area contributed by atoms with Crippen molar-refractivity contribution in [2.45, 2.75) is 18.7 Å². The molecule has 0 heterocycles. The third-order valence-electron chi connectivity index (χ3n) is 2.24. The van der Waals surface area contributed by atoms with Gasteiger partial charge < -0.3 is 5.32 Å². The monoisotopic (exact) mass is 289 g/mol. The second-order valence-corrected chi connectivity index (χ2v) is 6.28. The first kappa shape index (κ1) is 12.9. The highest BCUT2D eigenvalue weighted by Gasteiger charge is 2.04. The van der Waals surface area contributed by atoms with Gasteiger partial charge in [0.2, 0.25) is 0 Å². The second kappa shape index (κ2) is 6.40. The third kappa shape index (κ3) is 4.91. The van der Waals surface area contributed by atoms with E-state index in [2.05, 4.69) is 33.4 Å². The number of rotatable bonds is 5. The number of benzene rings is 1. The second-order valence-electron chi connectivity index (χ2n) is 3.57. The molecular weight excluding hydrogens is 274 g/mol. The molecule has 1 N–H and O–H groups in total. The van der Waals surface area contributed by atoms with Crippen LogP contribution >= 0.6 is 15.9 Å². The van der Waals surface area contributed by atoms with E-state index >= 15 is 0 Å². The fourth-order valence-electron chi connectivity index (χ4n) is 1.14. The molecule has 0 aromatic heterocycles. The number of hydrogen-bond donors (Lipinski definition) is 1. The first-order valence-corrected chi connectivity index (χ1v) is 7.28. The third-order valence-corrected chi connectivity index (χ3v) is 4.07. The predicted octanol–water partition coefficient (Wildman–Crippen LogP) is 2.31. The van der Waals surface area contributed by atoms with Gasteiger partial charge >= 0.3 is 0 Å². The van der Waals surface area contributed by atoms with Crippen LogP contribution in [0.5, 0.6) is 0 Å². The van der Waals surface area contributed by atoms with Crippen LogP contribution in [-0.4, -0.2) is 22.3 Å². The van der Waals surface area contributed by atoms with Crippen molar-refractivity contribution in [2.75, 3.05) is 12.8 Å². The molecule has 0 fully saturated rings. The summed E-state index contributed by atoms with van der Waals surface area (Å²) < 4.78 is 12.2. The Morgan fingerprint density at radius 1 is 1.40 bits per heavy atom. The minimum atomic E-state index is -0.742. The van der Waals surface area contributed by atoms with Crippen molar-refractivity contribution < 1.29 is 4.21 Å². The maximum absolute atomic E-state index is 11.1. The Bertz CT molecular complexity index is 326. The Hall–Kier alpha value is -0.190. The lowest BCUT2D eigenvalue weighted by molar-refractivity contribution is 0.647. The van der Waals surface area contributed by atoms with Gasteiger partial charge in [0.1, 0.15) is 0 Å². The van der Waals surface area contributed by atoms with Crippen LogP contribution < -0.4 is 5.32 Å². The van der Waals surface area contributed by atoms with Crippen LogP contribution in [0, 0.1) is 0 Å². The fourth-order valence-corrected chi connectivity index (χ4v) is 1.76. The Morgan fingerprint density at radius 3 is 2.53 bits per heavy atom. The molecule has 0 aliphatic carbocycles. The van der Waals surface area contributed by atoms with Crippen molar-refractivity contribution in [1.29, 1.82) is 0 Å². The van der Waals surface area contributed by atoms with E-state index in [1.807, 2.05) is 19.1 Å². The highest BCUT2D eigenvalue weighted by atomic mass is 79.9. The fraction of sp³-hybridized carbons (Fsp3) is 0.455. The molecule has 0 bridgehead atoms. The van der Waals surface area contributed by atoms with E-state index in [4.69, 9.17) is 0 Å². The molecule has 0 saturated heterocycles. The number of hydrogen-bond acceptors (Lipinski definition) is 2. The van der Waals surface area contributed by atoms with Crippen molar-refractivity contribution in [3.05, 3.63) is 34.3 Å². The zero-order chi connectivity index (χ0) is 11.3. The molecule has 0 spiro atoms. The molecule has 4 heteroatoms. The van der Waals surface area contributed by atoms with E-state index < -0.39 is 10.8 Å². The lowest BCUT2D eigenvalue weighted by Crippen LogP contribution is -2.27. The van der Waals surface area contributed by atoms with Gasteiger partial charge in [0.25, 0.3) is 0 Å². The number of halogens is 1. The molecule has 1 aromatic rings. The van der Waals surface area contributed by atoms with Crippen molar-refractivity contribution in [3.8, 4) is 0 Å². The summed E-state index contributed by atoms with van der Waals surface area (Å²) >= 11 is 3.40. The molecule has 1 rings (SSSR count). The highest BCUT2D eigenvalue weighted by Crippen LogP contribution is 2.10. The first-order chi connectivity index (χ1) is 7.09.